The number of para-hydroxylation sites is 1. The molecule has 1 saturated heterocycles. The van der Waals surface area contributed by atoms with Gasteiger partial charge in [-0.05, 0) is 12.1 Å². The van der Waals surface area contributed by atoms with Gasteiger partial charge in [0.1, 0.15) is 6.54 Å². The van der Waals surface area contributed by atoms with Crippen LogP contribution in [0.5, 0.6) is 0 Å². The van der Waals surface area contributed by atoms with Gasteiger partial charge in [-0.3, -0.25) is 24.1 Å². The molecule has 0 N–H and O–H groups in total. The lowest BCUT2D eigenvalue weighted by atomic mass is 10.1. The number of fused-ring (bicyclic) bond motifs is 1. The first-order valence-corrected chi connectivity index (χ1v) is 9.62. The number of ether oxygens (including phenoxy) is 2. The molecule has 2 aliphatic heterocycles. The van der Waals surface area contributed by atoms with Gasteiger partial charge in [0.15, 0.2) is 0 Å². The SMILES string of the molecule is O=C(CN1C(=O)C(=O)c2ccccc21)O[C@H](C(=O)N1CCOCC1)c1ccccc1. The average Bonchev–Trinajstić information content (AvgIpc) is 3.03. The van der Waals surface area contributed by atoms with Gasteiger partial charge >= 0.3 is 5.97 Å². The summed E-state index contributed by atoms with van der Waals surface area (Å²) in [5.74, 6) is -2.57. The Morgan fingerprint density at radius 2 is 1.63 bits per heavy atom. The van der Waals surface area contributed by atoms with E-state index >= 15 is 0 Å². The number of esters is 1. The number of hydrogen-bond acceptors (Lipinski definition) is 6. The van der Waals surface area contributed by atoms with E-state index < -0.39 is 30.3 Å². The molecule has 0 spiro atoms. The Morgan fingerprint density at radius 3 is 2.37 bits per heavy atom. The van der Waals surface area contributed by atoms with Gasteiger partial charge in [-0.1, -0.05) is 42.5 Å². The molecular weight excluding hydrogens is 388 g/mol. The second kappa shape index (κ2) is 8.46. The molecule has 2 aliphatic rings. The zero-order chi connectivity index (χ0) is 21.1. The topological polar surface area (TPSA) is 93.2 Å². The Hall–Kier alpha value is -3.52. The number of ketones is 1. The highest BCUT2D eigenvalue weighted by Gasteiger charge is 2.38. The molecule has 1 fully saturated rings. The van der Waals surface area contributed by atoms with Gasteiger partial charge < -0.3 is 14.4 Å². The van der Waals surface area contributed by atoms with E-state index in [0.29, 0.717) is 37.6 Å². The molecule has 0 unspecified atom stereocenters. The monoisotopic (exact) mass is 408 g/mol. The Kier molecular flexibility index (Phi) is 5.58. The smallest absolute Gasteiger partial charge is 0.327 e. The number of amides is 2. The van der Waals surface area contributed by atoms with Crippen molar-refractivity contribution in [3.8, 4) is 0 Å². The van der Waals surface area contributed by atoms with Crippen LogP contribution in [-0.4, -0.2) is 61.3 Å². The molecule has 0 aromatic heterocycles. The number of anilines is 1. The van der Waals surface area contributed by atoms with Crippen molar-refractivity contribution in [1.29, 1.82) is 0 Å². The molecule has 4 rings (SSSR count). The van der Waals surface area contributed by atoms with Crippen LogP contribution in [-0.2, 0) is 23.9 Å². The number of nitrogens with zero attached hydrogens (tertiary/aromatic N) is 2. The lowest BCUT2D eigenvalue weighted by Gasteiger charge is -2.30. The summed E-state index contributed by atoms with van der Waals surface area (Å²) in [6.07, 6.45) is -1.14. The predicted molar refractivity (Wildman–Crippen MR) is 106 cm³/mol. The number of Topliss-reactive ketones (excluding diaryl/α,β-unsaturated/α-hetero) is 1. The van der Waals surface area contributed by atoms with Crippen LogP contribution in [0.25, 0.3) is 0 Å². The Balaban J connectivity index is 1.53. The molecule has 0 bridgehead atoms. The fourth-order valence-electron chi connectivity index (χ4n) is 3.54. The van der Waals surface area contributed by atoms with Crippen molar-refractivity contribution in [3.05, 3.63) is 65.7 Å². The quantitative estimate of drug-likeness (QED) is 0.548. The minimum absolute atomic E-state index is 0.249. The number of rotatable bonds is 5. The molecule has 2 heterocycles. The van der Waals surface area contributed by atoms with Gasteiger partial charge in [0, 0.05) is 18.7 Å². The summed E-state index contributed by atoms with van der Waals surface area (Å²) in [5, 5.41) is 0. The highest BCUT2D eigenvalue weighted by atomic mass is 16.5. The highest BCUT2D eigenvalue weighted by molar-refractivity contribution is 6.52. The van der Waals surface area contributed by atoms with Crippen molar-refractivity contribution < 1.29 is 28.7 Å². The van der Waals surface area contributed by atoms with E-state index in [2.05, 4.69) is 0 Å². The maximum atomic E-state index is 13.0. The predicted octanol–water partition coefficient (Wildman–Crippen LogP) is 1.36. The summed E-state index contributed by atoms with van der Waals surface area (Å²) in [6, 6.07) is 15.2. The van der Waals surface area contributed by atoms with Crippen molar-refractivity contribution in [3.63, 3.8) is 0 Å². The normalized spacial score (nSPS) is 16.9. The lowest BCUT2D eigenvalue weighted by molar-refractivity contribution is -0.161. The van der Waals surface area contributed by atoms with Crippen molar-refractivity contribution >= 4 is 29.3 Å². The summed E-state index contributed by atoms with van der Waals surface area (Å²) in [7, 11) is 0. The van der Waals surface area contributed by atoms with Gasteiger partial charge in [-0.25, -0.2) is 0 Å². The number of hydrogen-bond donors (Lipinski definition) is 0. The van der Waals surface area contributed by atoms with Crippen LogP contribution in [0.3, 0.4) is 0 Å². The third-order valence-corrected chi connectivity index (χ3v) is 5.06. The highest BCUT2D eigenvalue weighted by Crippen LogP contribution is 2.29. The first-order chi connectivity index (χ1) is 14.6. The van der Waals surface area contributed by atoms with E-state index in [4.69, 9.17) is 9.47 Å². The zero-order valence-corrected chi connectivity index (χ0v) is 16.2. The second-order valence-corrected chi connectivity index (χ2v) is 6.96. The fraction of sp³-hybridized carbons (Fsp3) is 0.273. The van der Waals surface area contributed by atoms with Gasteiger partial charge in [0.05, 0.1) is 24.5 Å². The molecule has 2 aromatic rings. The maximum Gasteiger partial charge on any atom is 0.327 e. The summed E-state index contributed by atoms with van der Waals surface area (Å²) >= 11 is 0. The van der Waals surface area contributed by atoms with Gasteiger partial charge in [-0.15, -0.1) is 0 Å². The average molecular weight is 408 g/mol. The summed E-state index contributed by atoms with van der Waals surface area (Å²) in [5.41, 5.74) is 1.14. The Morgan fingerprint density at radius 1 is 0.967 bits per heavy atom. The van der Waals surface area contributed by atoms with Gasteiger partial charge in [0.2, 0.25) is 6.10 Å². The minimum Gasteiger partial charge on any atom is -0.446 e. The van der Waals surface area contributed by atoms with E-state index in [-0.39, 0.29) is 11.5 Å². The van der Waals surface area contributed by atoms with Crippen LogP contribution in [0.4, 0.5) is 5.69 Å². The lowest BCUT2D eigenvalue weighted by Crippen LogP contribution is -2.44. The van der Waals surface area contributed by atoms with Gasteiger partial charge in [-0.2, -0.15) is 0 Å². The molecule has 154 valence electrons. The van der Waals surface area contributed by atoms with Crippen LogP contribution in [0, 0.1) is 0 Å². The molecule has 30 heavy (non-hydrogen) atoms. The molecule has 2 aromatic carbocycles. The zero-order valence-electron chi connectivity index (χ0n) is 16.2. The third-order valence-electron chi connectivity index (χ3n) is 5.06. The van der Waals surface area contributed by atoms with E-state index in [9.17, 15) is 19.2 Å². The first-order valence-electron chi connectivity index (χ1n) is 9.62. The van der Waals surface area contributed by atoms with Crippen LogP contribution >= 0.6 is 0 Å². The van der Waals surface area contributed by atoms with E-state index in [1.807, 2.05) is 0 Å². The fourth-order valence-corrected chi connectivity index (χ4v) is 3.54. The number of carbonyl (C=O) groups is 4. The molecular formula is C22H20N2O6. The van der Waals surface area contributed by atoms with Crippen molar-refractivity contribution in [2.45, 2.75) is 6.10 Å². The molecule has 8 heteroatoms. The number of morpholine rings is 1. The van der Waals surface area contributed by atoms with Crippen LogP contribution < -0.4 is 4.90 Å². The summed E-state index contributed by atoms with van der Waals surface area (Å²) in [6.45, 7) is 1.20. The van der Waals surface area contributed by atoms with E-state index in [0.717, 1.165) is 4.90 Å². The second-order valence-electron chi connectivity index (χ2n) is 6.96. The molecule has 1 atom stereocenters. The van der Waals surface area contributed by atoms with Crippen molar-refractivity contribution in [1.82, 2.24) is 4.90 Å². The first kappa shape index (κ1) is 19.8. The minimum atomic E-state index is -1.14. The molecule has 2 amide bonds. The van der Waals surface area contributed by atoms with Crippen LogP contribution in [0.15, 0.2) is 54.6 Å². The Labute approximate surface area is 173 Å². The van der Waals surface area contributed by atoms with Gasteiger partial charge in [0.25, 0.3) is 17.6 Å². The molecule has 0 aliphatic carbocycles. The molecule has 0 saturated carbocycles. The third kappa shape index (κ3) is 3.81. The number of benzene rings is 2. The van der Waals surface area contributed by atoms with Crippen molar-refractivity contribution in [2.24, 2.45) is 0 Å². The largest absolute Gasteiger partial charge is 0.446 e. The molecule has 0 radical (unpaired) electrons. The van der Waals surface area contributed by atoms with Crippen LogP contribution in [0.2, 0.25) is 0 Å². The summed E-state index contributed by atoms with van der Waals surface area (Å²) < 4.78 is 10.8. The van der Waals surface area contributed by atoms with Crippen molar-refractivity contribution in [2.75, 3.05) is 37.7 Å². The van der Waals surface area contributed by atoms with E-state index in [1.54, 1.807) is 53.4 Å². The molecule has 8 nitrogen and oxygen atoms in total. The Bertz CT molecular complexity index is 984. The van der Waals surface area contributed by atoms with E-state index in [1.165, 1.54) is 6.07 Å². The van der Waals surface area contributed by atoms with Crippen LogP contribution in [0.1, 0.15) is 22.0 Å². The maximum absolute atomic E-state index is 13.0. The number of carbonyl (C=O) groups excluding carboxylic acids is 4. The standard InChI is InChI=1S/C22H20N2O6/c25-18(14-24-17-9-5-4-8-16(17)19(26)21(24)27)30-20(15-6-2-1-3-7-15)22(28)23-10-12-29-13-11-23/h1-9,20H,10-14H2/t20-/m0/s1. The summed E-state index contributed by atoms with van der Waals surface area (Å²) in [4.78, 5) is 52.9.